The van der Waals surface area contributed by atoms with Gasteiger partial charge in [0, 0.05) is 45.0 Å². The van der Waals surface area contributed by atoms with Crippen LogP contribution < -0.4 is 5.73 Å². The number of nitrogen functional groups attached to an aromatic ring is 1. The minimum atomic E-state index is 0.474. The first-order valence-electron chi connectivity index (χ1n) is 18.9. The minimum absolute atomic E-state index is 0.474. The van der Waals surface area contributed by atoms with Crippen LogP contribution in [-0.4, -0.2) is 29.5 Å². The molecule has 10 aromatic rings. The van der Waals surface area contributed by atoms with Crippen LogP contribution in [0.2, 0.25) is 0 Å². The van der Waals surface area contributed by atoms with E-state index in [9.17, 15) is 0 Å². The first-order valence-corrected chi connectivity index (χ1v) is 18.9. The lowest BCUT2D eigenvalue weighted by molar-refractivity contribution is 0.933. The molecule has 0 bridgehead atoms. The molecule has 0 saturated carbocycles. The van der Waals surface area contributed by atoms with Crippen LogP contribution in [0, 0.1) is 0 Å². The molecule has 0 unspecified atom stereocenters. The number of fused-ring (bicyclic) bond motifs is 3. The number of benzene rings is 7. The van der Waals surface area contributed by atoms with E-state index in [1.807, 2.05) is 103 Å². The van der Waals surface area contributed by atoms with E-state index >= 15 is 0 Å². The molecule has 57 heavy (non-hydrogen) atoms. The Kier molecular flexibility index (Phi) is 8.57. The summed E-state index contributed by atoms with van der Waals surface area (Å²) in [5, 5.41) is 2.10. The molecule has 0 saturated heterocycles. The van der Waals surface area contributed by atoms with E-state index in [1.54, 1.807) is 0 Å². The average molecular weight is 734 g/mol. The summed E-state index contributed by atoms with van der Waals surface area (Å²) in [6, 6.07) is 63.6. The summed E-state index contributed by atoms with van der Waals surface area (Å²) in [4.78, 5) is 25.4. The summed E-state index contributed by atoms with van der Waals surface area (Å²) in [6.45, 7) is 0. The van der Waals surface area contributed by atoms with Gasteiger partial charge in [0.05, 0.1) is 28.1 Å². The zero-order chi connectivity index (χ0) is 38.1. The lowest BCUT2D eigenvalue weighted by atomic mass is 9.95. The molecular weight excluding hydrogens is 699 g/mol. The Labute approximate surface area is 329 Å². The molecule has 0 aliphatic carbocycles. The normalized spacial score (nSPS) is 11.3. The molecule has 10 rings (SSSR count). The van der Waals surface area contributed by atoms with Crippen molar-refractivity contribution in [2.45, 2.75) is 6.42 Å². The van der Waals surface area contributed by atoms with Crippen LogP contribution in [0.25, 0.3) is 84.2 Å². The predicted molar refractivity (Wildman–Crippen MR) is 231 cm³/mol. The number of aromatic nitrogens is 6. The van der Waals surface area contributed by atoms with Crippen LogP contribution in [0.1, 0.15) is 11.4 Å². The van der Waals surface area contributed by atoms with E-state index in [-0.39, 0.29) is 0 Å². The number of nitrogens with two attached hydrogens (primary N) is 1. The van der Waals surface area contributed by atoms with Gasteiger partial charge in [0.15, 0.2) is 11.6 Å². The van der Waals surface area contributed by atoms with E-state index in [0.717, 1.165) is 72.1 Å². The van der Waals surface area contributed by atoms with Gasteiger partial charge in [-0.1, -0.05) is 176 Å². The summed E-state index contributed by atoms with van der Waals surface area (Å²) in [6.07, 6.45) is 0.474. The maximum atomic E-state index is 7.40. The van der Waals surface area contributed by atoms with Crippen molar-refractivity contribution in [1.29, 1.82) is 0 Å². The highest BCUT2D eigenvalue weighted by molar-refractivity contribution is 6.15. The highest BCUT2D eigenvalue weighted by Crippen LogP contribution is 2.41. The molecule has 0 atom stereocenters. The third-order valence-corrected chi connectivity index (χ3v) is 10.3. The van der Waals surface area contributed by atoms with E-state index in [2.05, 4.69) is 89.5 Å². The number of hydrogen-bond donors (Lipinski definition) is 1. The standard InChI is InChI=1S/C50H35N7/c51-46-40(38-26-14-13-25-37(38)31-45-54-48(35-21-9-3-10-22-35)56-49(55-45)36-23-11-4-12-24-36)29-30-41-39-27-15-16-28-44(39)57(47(41)46)50-52-42(33-17-5-1-6-18-33)32-43(53-50)34-19-7-2-8-20-34/h1-30,32H,31,51H2. The molecule has 0 radical (unpaired) electrons. The summed E-state index contributed by atoms with van der Waals surface area (Å²) >= 11 is 0. The number of anilines is 1. The fourth-order valence-corrected chi connectivity index (χ4v) is 7.61. The van der Waals surface area contributed by atoms with Gasteiger partial charge in [-0.2, -0.15) is 0 Å². The van der Waals surface area contributed by atoms with E-state index < -0.39 is 0 Å². The zero-order valence-corrected chi connectivity index (χ0v) is 30.9. The number of hydrogen-bond acceptors (Lipinski definition) is 6. The van der Waals surface area contributed by atoms with Gasteiger partial charge >= 0.3 is 0 Å². The van der Waals surface area contributed by atoms with Crippen LogP contribution in [0.15, 0.2) is 188 Å². The maximum Gasteiger partial charge on any atom is 0.235 e. The Morgan fingerprint density at radius 3 is 1.53 bits per heavy atom. The van der Waals surface area contributed by atoms with Gasteiger partial charge in [0.2, 0.25) is 5.95 Å². The number of nitrogens with zero attached hydrogens (tertiary/aromatic N) is 6. The van der Waals surface area contributed by atoms with Crippen molar-refractivity contribution in [1.82, 2.24) is 29.5 Å². The lowest BCUT2D eigenvalue weighted by Gasteiger charge is -2.16. The fraction of sp³-hybridized carbons (Fsp3) is 0.0200. The average Bonchev–Trinajstić information content (AvgIpc) is 3.63. The molecule has 0 aliphatic rings. The molecular formula is C50H35N7. The predicted octanol–water partition coefficient (Wildman–Crippen LogP) is 11.3. The number of para-hydroxylation sites is 1. The maximum absolute atomic E-state index is 7.40. The van der Waals surface area contributed by atoms with Crippen molar-refractivity contribution in [3.05, 3.63) is 199 Å². The molecule has 0 spiro atoms. The van der Waals surface area contributed by atoms with Gasteiger partial charge in [0.1, 0.15) is 5.82 Å². The largest absolute Gasteiger partial charge is 0.397 e. The Balaban J connectivity index is 1.15. The Morgan fingerprint density at radius 1 is 0.421 bits per heavy atom. The van der Waals surface area contributed by atoms with Crippen molar-refractivity contribution < 1.29 is 0 Å². The van der Waals surface area contributed by atoms with Crippen LogP contribution >= 0.6 is 0 Å². The van der Waals surface area contributed by atoms with Crippen molar-refractivity contribution in [2.75, 3.05) is 5.73 Å². The molecule has 7 nitrogen and oxygen atoms in total. The quantitative estimate of drug-likeness (QED) is 0.156. The van der Waals surface area contributed by atoms with Gasteiger partial charge in [0.25, 0.3) is 0 Å². The Hall–Kier alpha value is -7.77. The highest BCUT2D eigenvalue weighted by Gasteiger charge is 2.22. The van der Waals surface area contributed by atoms with E-state index in [0.29, 0.717) is 35.5 Å². The third-order valence-electron chi connectivity index (χ3n) is 10.3. The topological polar surface area (TPSA) is 95.4 Å². The molecule has 2 N–H and O–H groups in total. The van der Waals surface area contributed by atoms with Gasteiger partial charge in [-0.25, -0.2) is 24.9 Å². The summed E-state index contributed by atoms with van der Waals surface area (Å²) in [5.41, 5.74) is 18.3. The van der Waals surface area contributed by atoms with Crippen LogP contribution in [0.5, 0.6) is 0 Å². The van der Waals surface area contributed by atoms with Crippen LogP contribution in [0.4, 0.5) is 5.69 Å². The molecule has 0 fully saturated rings. The van der Waals surface area contributed by atoms with Crippen molar-refractivity contribution in [2.24, 2.45) is 0 Å². The van der Waals surface area contributed by atoms with E-state index in [4.69, 9.17) is 30.7 Å². The zero-order valence-electron chi connectivity index (χ0n) is 30.9. The minimum Gasteiger partial charge on any atom is -0.397 e. The second kappa shape index (κ2) is 14.5. The summed E-state index contributed by atoms with van der Waals surface area (Å²) in [5.74, 6) is 2.49. The van der Waals surface area contributed by atoms with Crippen molar-refractivity contribution >= 4 is 27.5 Å². The monoisotopic (exact) mass is 733 g/mol. The molecule has 3 heterocycles. The Bertz CT molecular complexity index is 2920. The van der Waals surface area contributed by atoms with Crippen molar-refractivity contribution in [3.63, 3.8) is 0 Å². The third kappa shape index (κ3) is 6.37. The van der Waals surface area contributed by atoms with Gasteiger partial charge < -0.3 is 5.73 Å². The fourth-order valence-electron chi connectivity index (χ4n) is 7.61. The summed E-state index contributed by atoms with van der Waals surface area (Å²) in [7, 11) is 0. The van der Waals surface area contributed by atoms with Gasteiger partial charge in [-0.05, 0) is 23.3 Å². The van der Waals surface area contributed by atoms with Crippen LogP contribution in [-0.2, 0) is 6.42 Å². The smallest absolute Gasteiger partial charge is 0.235 e. The SMILES string of the molecule is Nc1c(-c2ccccc2Cc2nc(-c3ccccc3)nc(-c3ccccc3)n2)ccc2c3ccccc3n(-c3nc(-c4ccccc4)cc(-c4ccccc4)n3)c12. The first kappa shape index (κ1) is 33.8. The number of rotatable bonds is 8. The molecule has 270 valence electrons. The van der Waals surface area contributed by atoms with Gasteiger partial charge in [-0.3, -0.25) is 4.57 Å². The van der Waals surface area contributed by atoms with Gasteiger partial charge in [-0.15, -0.1) is 0 Å². The second-order valence-electron chi connectivity index (χ2n) is 13.9. The second-order valence-corrected chi connectivity index (χ2v) is 13.9. The Morgan fingerprint density at radius 2 is 0.930 bits per heavy atom. The molecule has 7 heteroatoms. The summed E-state index contributed by atoms with van der Waals surface area (Å²) < 4.78 is 2.12. The highest BCUT2D eigenvalue weighted by atomic mass is 15.2. The van der Waals surface area contributed by atoms with Crippen LogP contribution in [0.3, 0.4) is 0 Å². The lowest BCUT2D eigenvalue weighted by Crippen LogP contribution is -2.06. The molecule has 0 aliphatic heterocycles. The first-order chi connectivity index (χ1) is 28.2. The van der Waals surface area contributed by atoms with Crippen molar-refractivity contribution in [3.8, 4) is 62.4 Å². The molecule has 7 aromatic carbocycles. The molecule has 0 amide bonds. The van der Waals surface area contributed by atoms with E-state index in [1.165, 1.54) is 0 Å². The molecule has 3 aromatic heterocycles.